The van der Waals surface area contributed by atoms with E-state index in [-0.39, 0.29) is 0 Å². The third kappa shape index (κ3) is 0.457. The minimum Gasteiger partial charge on any atom is -0.410 e. The zero-order valence-electron chi connectivity index (χ0n) is 3.39. The molecule has 0 spiro atoms. The first kappa shape index (κ1) is 3.53. The quantitative estimate of drug-likeness (QED) is 0.406. The van der Waals surface area contributed by atoms with E-state index in [1.807, 2.05) is 25.4 Å². The number of rotatable bonds is 0. The number of nitrogens with two attached hydrogens (primary N) is 1. The van der Waals surface area contributed by atoms with E-state index in [0.29, 0.717) is 0 Å². The maximum absolute atomic E-state index is 5.28. The molecular formula is C4H5BN. The Bertz CT molecular complexity index is 104. The summed E-state index contributed by atoms with van der Waals surface area (Å²) in [7, 11) is 1.86. The lowest BCUT2D eigenvalue weighted by Crippen LogP contribution is -1.99. The van der Waals surface area contributed by atoms with Crippen LogP contribution in [0, 0.1) is 0 Å². The average molecular weight is 77.9 g/mol. The largest absolute Gasteiger partial charge is 0.410 e. The lowest BCUT2D eigenvalue weighted by atomic mass is 9.78. The molecule has 2 heteroatoms. The van der Waals surface area contributed by atoms with Gasteiger partial charge in [-0.2, -0.15) is 0 Å². The van der Waals surface area contributed by atoms with Gasteiger partial charge >= 0.3 is 0 Å². The van der Waals surface area contributed by atoms with E-state index < -0.39 is 0 Å². The maximum Gasteiger partial charge on any atom is 0.203 e. The third-order valence-corrected chi connectivity index (χ3v) is 0.688. The van der Waals surface area contributed by atoms with Gasteiger partial charge in [0.1, 0.15) is 0 Å². The first-order chi connectivity index (χ1) is 2.89. The molecule has 0 aromatic rings. The monoisotopic (exact) mass is 78.1 g/mol. The molecule has 1 nitrogen and oxygen atoms in total. The van der Waals surface area contributed by atoms with Crippen LogP contribution in [0.25, 0.3) is 0 Å². The van der Waals surface area contributed by atoms with Crippen molar-refractivity contribution in [2.45, 2.75) is 0 Å². The molecule has 0 atom stereocenters. The predicted molar refractivity (Wildman–Crippen MR) is 27.2 cm³/mol. The van der Waals surface area contributed by atoms with Crippen molar-refractivity contribution in [3.8, 4) is 0 Å². The lowest BCUT2D eigenvalue weighted by molar-refractivity contribution is 1.54. The summed E-state index contributed by atoms with van der Waals surface area (Å²) in [5, 5.41) is 0. The summed E-state index contributed by atoms with van der Waals surface area (Å²) in [4.78, 5) is 0. The van der Waals surface area contributed by atoms with Gasteiger partial charge in [-0.3, -0.25) is 0 Å². The third-order valence-electron chi connectivity index (χ3n) is 0.688. The summed E-state index contributed by atoms with van der Waals surface area (Å²) in [5.41, 5.74) is 6.12. The average Bonchev–Trinajstić information content (AvgIpc) is 1.86. The molecule has 1 heterocycles. The van der Waals surface area contributed by atoms with Crippen molar-refractivity contribution in [1.82, 2.24) is 0 Å². The van der Waals surface area contributed by atoms with Gasteiger partial charge in [-0.15, -0.1) is 5.98 Å². The van der Waals surface area contributed by atoms with Gasteiger partial charge in [0.25, 0.3) is 0 Å². The molecule has 1 rings (SSSR count). The molecule has 0 aliphatic carbocycles. The van der Waals surface area contributed by atoms with Gasteiger partial charge in [-0.05, 0) is 5.60 Å². The van der Waals surface area contributed by atoms with Crippen molar-refractivity contribution < 1.29 is 0 Å². The van der Waals surface area contributed by atoms with Crippen LogP contribution in [0.2, 0.25) is 0 Å². The molecule has 0 bridgehead atoms. The Morgan fingerprint density at radius 2 is 2.50 bits per heavy atom. The van der Waals surface area contributed by atoms with Crippen LogP contribution in [0.3, 0.4) is 0 Å². The smallest absolute Gasteiger partial charge is 0.203 e. The van der Waals surface area contributed by atoms with Gasteiger partial charge in [0.15, 0.2) is 0 Å². The van der Waals surface area contributed by atoms with E-state index in [1.165, 1.54) is 0 Å². The molecule has 1 radical (unpaired) electrons. The Labute approximate surface area is 37.8 Å². The summed E-state index contributed by atoms with van der Waals surface area (Å²) in [6, 6.07) is 0. The molecule has 0 saturated heterocycles. The highest BCUT2D eigenvalue weighted by molar-refractivity contribution is 6.52. The van der Waals surface area contributed by atoms with Crippen LogP contribution < -0.4 is 5.73 Å². The molecule has 29 valence electrons. The van der Waals surface area contributed by atoms with Crippen LogP contribution in [-0.2, 0) is 0 Å². The second-order valence-corrected chi connectivity index (χ2v) is 1.22. The summed E-state index contributed by atoms with van der Waals surface area (Å²) in [5.74, 6) is 1.91. The maximum atomic E-state index is 5.28. The van der Waals surface area contributed by atoms with E-state index in [9.17, 15) is 0 Å². The van der Waals surface area contributed by atoms with Crippen LogP contribution >= 0.6 is 0 Å². The topological polar surface area (TPSA) is 26.0 Å². The molecule has 0 amide bonds. The molecule has 1 aliphatic rings. The SMILES string of the molecule is NC1=CC=C[B]1. The van der Waals surface area contributed by atoms with Gasteiger partial charge in [0, 0.05) is 0 Å². The first-order valence-corrected chi connectivity index (χ1v) is 1.87. The van der Waals surface area contributed by atoms with Crippen LogP contribution in [0.5, 0.6) is 0 Å². The van der Waals surface area contributed by atoms with Gasteiger partial charge in [0.05, 0.1) is 0 Å². The second kappa shape index (κ2) is 1.21. The number of hydrogen-bond donors (Lipinski definition) is 1. The minimum absolute atomic E-state index is 0.843. The van der Waals surface area contributed by atoms with E-state index in [1.54, 1.807) is 0 Å². The summed E-state index contributed by atoms with van der Waals surface area (Å²) < 4.78 is 0. The molecular weight excluding hydrogens is 72.9 g/mol. The number of allylic oxidation sites excluding steroid dienone is 2. The van der Waals surface area contributed by atoms with Crippen molar-refractivity contribution in [3.63, 3.8) is 0 Å². The van der Waals surface area contributed by atoms with Gasteiger partial charge in [-0.25, -0.2) is 0 Å². The van der Waals surface area contributed by atoms with Crippen molar-refractivity contribution >= 4 is 7.28 Å². The van der Waals surface area contributed by atoms with Crippen molar-refractivity contribution in [2.75, 3.05) is 0 Å². The minimum atomic E-state index is 0.843. The van der Waals surface area contributed by atoms with Crippen LogP contribution in [-0.4, -0.2) is 7.28 Å². The fourth-order valence-electron chi connectivity index (χ4n) is 0.389. The van der Waals surface area contributed by atoms with Crippen molar-refractivity contribution in [1.29, 1.82) is 0 Å². The van der Waals surface area contributed by atoms with Gasteiger partial charge in [-0.1, -0.05) is 12.2 Å². The summed E-state index contributed by atoms with van der Waals surface area (Å²) >= 11 is 0. The standard InChI is InChI=1S/C4H5BN/c6-4-2-1-3-5-4/h1-3H,6H2. The Morgan fingerprint density at radius 3 is 2.67 bits per heavy atom. The normalized spacial score (nSPS) is 17.0. The molecule has 0 fully saturated rings. The van der Waals surface area contributed by atoms with Crippen LogP contribution in [0.15, 0.2) is 23.7 Å². The van der Waals surface area contributed by atoms with Crippen LogP contribution in [0.1, 0.15) is 0 Å². The highest BCUT2D eigenvalue weighted by Gasteiger charge is 1.90. The van der Waals surface area contributed by atoms with Gasteiger partial charge in [0.2, 0.25) is 7.28 Å². The Kier molecular flexibility index (Phi) is 0.711. The van der Waals surface area contributed by atoms with Gasteiger partial charge < -0.3 is 5.73 Å². The second-order valence-electron chi connectivity index (χ2n) is 1.22. The molecule has 0 aromatic carbocycles. The molecule has 0 saturated carbocycles. The Hall–Kier alpha value is -0.655. The zero-order valence-corrected chi connectivity index (χ0v) is 3.39. The highest BCUT2D eigenvalue weighted by atomic mass is 14.5. The molecule has 1 aliphatic heterocycles. The Morgan fingerprint density at radius 1 is 1.67 bits per heavy atom. The van der Waals surface area contributed by atoms with E-state index in [2.05, 4.69) is 0 Å². The summed E-state index contributed by atoms with van der Waals surface area (Å²) in [6.45, 7) is 0. The Balaban J connectivity index is 2.61. The fourth-order valence-corrected chi connectivity index (χ4v) is 0.389. The molecule has 2 N–H and O–H groups in total. The van der Waals surface area contributed by atoms with Crippen molar-refractivity contribution in [3.05, 3.63) is 23.7 Å². The van der Waals surface area contributed by atoms with E-state index in [0.717, 1.165) is 5.60 Å². The van der Waals surface area contributed by atoms with E-state index >= 15 is 0 Å². The zero-order chi connectivity index (χ0) is 4.41. The summed E-state index contributed by atoms with van der Waals surface area (Å²) in [6.07, 6.45) is 3.77. The lowest BCUT2D eigenvalue weighted by Gasteiger charge is -1.78. The molecule has 6 heavy (non-hydrogen) atoms. The first-order valence-electron chi connectivity index (χ1n) is 1.87. The molecule has 0 aromatic heterocycles. The van der Waals surface area contributed by atoms with E-state index in [4.69, 9.17) is 5.73 Å². The fraction of sp³-hybridized carbons (Fsp3) is 0. The van der Waals surface area contributed by atoms with Crippen molar-refractivity contribution in [2.24, 2.45) is 5.73 Å². The predicted octanol–water partition coefficient (Wildman–Crippen LogP) is 0.0180. The number of hydrogen-bond acceptors (Lipinski definition) is 1. The highest BCUT2D eigenvalue weighted by Crippen LogP contribution is 1.90. The molecule has 0 unspecified atom stereocenters. The van der Waals surface area contributed by atoms with Crippen LogP contribution in [0.4, 0.5) is 0 Å².